The summed E-state index contributed by atoms with van der Waals surface area (Å²) in [4.78, 5) is 10.8. The molecule has 19 heavy (non-hydrogen) atoms. The molecule has 2 aliphatic rings. The van der Waals surface area contributed by atoms with Gasteiger partial charge < -0.3 is 15.0 Å². The van der Waals surface area contributed by atoms with Gasteiger partial charge in [0.05, 0.1) is 13.2 Å². The molecular formula is C13H22N4OS. The number of morpholine rings is 1. The highest BCUT2D eigenvalue weighted by Crippen LogP contribution is 2.24. The van der Waals surface area contributed by atoms with Gasteiger partial charge in [0, 0.05) is 50.3 Å². The summed E-state index contributed by atoms with van der Waals surface area (Å²) in [5.74, 6) is 0. The van der Waals surface area contributed by atoms with Crippen LogP contribution in [0, 0.1) is 0 Å². The van der Waals surface area contributed by atoms with Gasteiger partial charge in [0.25, 0.3) is 0 Å². The Balaban J connectivity index is 1.58. The zero-order valence-corrected chi connectivity index (χ0v) is 12.1. The van der Waals surface area contributed by atoms with Gasteiger partial charge in [-0.1, -0.05) is 0 Å². The number of aromatic nitrogens is 1. The summed E-state index contributed by atoms with van der Waals surface area (Å²) >= 11 is 1.85. The monoisotopic (exact) mass is 282 g/mol. The smallest absolute Gasteiger partial charge is 0.185 e. The summed E-state index contributed by atoms with van der Waals surface area (Å²) in [7, 11) is 0. The summed E-state index contributed by atoms with van der Waals surface area (Å²) in [5.41, 5.74) is 0. The average Bonchev–Trinajstić information content (AvgIpc) is 2.74. The van der Waals surface area contributed by atoms with Crippen molar-refractivity contribution in [3.05, 3.63) is 11.1 Å². The third-order valence-electron chi connectivity index (χ3n) is 3.64. The predicted molar refractivity (Wildman–Crippen MR) is 77.9 cm³/mol. The molecule has 0 bridgehead atoms. The second-order valence-corrected chi connectivity index (χ2v) is 6.18. The number of ether oxygens (including phenoxy) is 1. The highest BCUT2D eigenvalue weighted by Gasteiger charge is 2.15. The van der Waals surface area contributed by atoms with Crippen LogP contribution in [0.15, 0.2) is 6.20 Å². The van der Waals surface area contributed by atoms with Crippen LogP contribution in [0.1, 0.15) is 11.3 Å². The third-order valence-corrected chi connectivity index (χ3v) is 4.68. The molecule has 1 aromatic rings. The van der Waals surface area contributed by atoms with E-state index in [1.807, 2.05) is 17.5 Å². The van der Waals surface area contributed by atoms with Crippen molar-refractivity contribution in [3.63, 3.8) is 0 Å². The molecule has 6 heteroatoms. The fourth-order valence-electron chi connectivity index (χ4n) is 2.53. The highest BCUT2D eigenvalue weighted by molar-refractivity contribution is 7.15. The van der Waals surface area contributed by atoms with Crippen molar-refractivity contribution < 1.29 is 4.74 Å². The Morgan fingerprint density at radius 1 is 1.21 bits per heavy atom. The van der Waals surface area contributed by atoms with Gasteiger partial charge in [-0.15, -0.1) is 11.3 Å². The molecule has 0 atom stereocenters. The lowest BCUT2D eigenvalue weighted by Crippen LogP contribution is -2.35. The van der Waals surface area contributed by atoms with Crippen molar-refractivity contribution in [2.45, 2.75) is 13.0 Å². The fraction of sp³-hybridized carbons (Fsp3) is 0.769. The Bertz CT molecular complexity index is 384. The molecule has 106 valence electrons. The minimum Gasteiger partial charge on any atom is -0.379 e. The lowest BCUT2D eigenvalue weighted by atomic mass is 10.4. The first-order chi connectivity index (χ1) is 9.42. The molecule has 0 unspecified atom stereocenters. The molecule has 1 N–H and O–H groups in total. The van der Waals surface area contributed by atoms with Gasteiger partial charge in [-0.05, 0) is 13.0 Å². The molecule has 0 amide bonds. The van der Waals surface area contributed by atoms with Crippen LogP contribution in [-0.2, 0) is 11.3 Å². The number of anilines is 1. The Morgan fingerprint density at radius 3 is 3.00 bits per heavy atom. The van der Waals surface area contributed by atoms with E-state index in [2.05, 4.69) is 20.1 Å². The lowest BCUT2D eigenvalue weighted by Gasteiger charge is -2.25. The molecule has 0 aromatic carbocycles. The Morgan fingerprint density at radius 2 is 2.11 bits per heavy atom. The fourth-order valence-corrected chi connectivity index (χ4v) is 3.54. The van der Waals surface area contributed by atoms with E-state index < -0.39 is 0 Å². The van der Waals surface area contributed by atoms with Gasteiger partial charge >= 0.3 is 0 Å². The predicted octanol–water partition coefficient (Wildman–Crippen LogP) is 0.775. The van der Waals surface area contributed by atoms with Crippen molar-refractivity contribution in [3.8, 4) is 0 Å². The van der Waals surface area contributed by atoms with Crippen molar-refractivity contribution in [2.75, 3.05) is 57.4 Å². The number of nitrogens with one attached hydrogen (secondary N) is 1. The van der Waals surface area contributed by atoms with Crippen LogP contribution < -0.4 is 10.2 Å². The molecule has 2 saturated heterocycles. The summed E-state index contributed by atoms with van der Waals surface area (Å²) in [6.07, 6.45) is 3.26. The third kappa shape index (κ3) is 3.66. The van der Waals surface area contributed by atoms with E-state index in [0.29, 0.717) is 0 Å². The molecule has 1 aromatic heterocycles. The SMILES string of the molecule is c1nc(N2CCCNCC2)sc1CN1CCOCC1. The molecule has 3 heterocycles. The molecule has 0 radical (unpaired) electrons. The van der Waals surface area contributed by atoms with E-state index in [1.165, 1.54) is 16.4 Å². The molecule has 0 aliphatic carbocycles. The number of nitrogens with zero attached hydrogens (tertiary/aromatic N) is 3. The minimum absolute atomic E-state index is 0.865. The van der Waals surface area contributed by atoms with Crippen LogP contribution in [0.3, 0.4) is 0 Å². The van der Waals surface area contributed by atoms with Crippen LogP contribution in [0.2, 0.25) is 0 Å². The molecular weight excluding hydrogens is 260 g/mol. The van der Waals surface area contributed by atoms with Gasteiger partial charge in [0.15, 0.2) is 5.13 Å². The van der Waals surface area contributed by atoms with E-state index in [4.69, 9.17) is 4.74 Å². The van der Waals surface area contributed by atoms with Crippen molar-refractivity contribution in [1.29, 1.82) is 0 Å². The zero-order chi connectivity index (χ0) is 12.9. The van der Waals surface area contributed by atoms with Crippen LogP contribution in [-0.4, -0.2) is 62.4 Å². The molecule has 0 saturated carbocycles. The van der Waals surface area contributed by atoms with E-state index in [9.17, 15) is 0 Å². The maximum absolute atomic E-state index is 5.38. The molecule has 3 rings (SSSR count). The standard InChI is InChI=1S/C13H22N4OS/c1-2-14-3-5-17(4-1)13-15-10-12(19-13)11-16-6-8-18-9-7-16/h10,14H,1-9,11H2. The Kier molecular flexibility index (Phi) is 4.66. The number of thiazole rings is 1. The summed E-state index contributed by atoms with van der Waals surface area (Å²) in [5, 5.41) is 4.62. The topological polar surface area (TPSA) is 40.6 Å². The van der Waals surface area contributed by atoms with E-state index in [1.54, 1.807) is 0 Å². The molecule has 2 fully saturated rings. The van der Waals surface area contributed by atoms with Gasteiger partial charge in [-0.2, -0.15) is 0 Å². The first kappa shape index (κ1) is 13.3. The van der Waals surface area contributed by atoms with Crippen molar-refractivity contribution in [2.24, 2.45) is 0 Å². The summed E-state index contributed by atoms with van der Waals surface area (Å²) in [6, 6.07) is 0. The number of hydrogen-bond acceptors (Lipinski definition) is 6. The van der Waals surface area contributed by atoms with Crippen LogP contribution in [0.5, 0.6) is 0 Å². The summed E-state index contributed by atoms with van der Waals surface area (Å²) in [6.45, 7) is 9.23. The average molecular weight is 282 g/mol. The van der Waals surface area contributed by atoms with E-state index in [0.717, 1.165) is 59.0 Å². The van der Waals surface area contributed by atoms with Gasteiger partial charge in [-0.25, -0.2) is 4.98 Å². The molecule has 5 nitrogen and oxygen atoms in total. The summed E-state index contributed by atoms with van der Waals surface area (Å²) < 4.78 is 5.38. The highest BCUT2D eigenvalue weighted by atomic mass is 32.1. The maximum Gasteiger partial charge on any atom is 0.185 e. The van der Waals surface area contributed by atoms with E-state index in [-0.39, 0.29) is 0 Å². The quantitative estimate of drug-likeness (QED) is 0.887. The molecule has 0 spiro atoms. The van der Waals surface area contributed by atoms with Gasteiger partial charge in [0.1, 0.15) is 0 Å². The molecule has 2 aliphatic heterocycles. The number of rotatable bonds is 3. The first-order valence-corrected chi connectivity index (χ1v) is 7.94. The largest absolute Gasteiger partial charge is 0.379 e. The Hall–Kier alpha value is -0.690. The lowest BCUT2D eigenvalue weighted by molar-refractivity contribution is 0.0346. The second kappa shape index (κ2) is 6.65. The minimum atomic E-state index is 0.865. The van der Waals surface area contributed by atoms with Crippen molar-refractivity contribution in [1.82, 2.24) is 15.2 Å². The van der Waals surface area contributed by atoms with Crippen LogP contribution in [0.25, 0.3) is 0 Å². The maximum atomic E-state index is 5.38. The number of hydrogen-bond donors (Lipinski definition) is 1. The van der Waals surface area contributed by atoms with Gasteiger partial charge in [-0.3, -0.25) is 4.90 Å². The normalized spacial score (nSPS) is 22.4. The van der Waals surface area contributed by atoms with Crippen LogP contribution >= 0.6 is 11.3 Å². The van der Waals surface area contributed by atoms with Crippen molar-refractivity contribution >= 4 is 16.5 Å². The van der Waals surface area contributed by atoms with Crippen LogP contribution in [0.4, 0.5) is 5.13 Å². The zero-order valence-electron chi connectivity index (χ0n) is 11.3. The second-order valence-electron chi connectivity index (χ2n) is 5.09. The van der Waals surface area contributed by atoms with Gasteiger partial charge in [0.2, 0.25) is 0 Å². The first-order valence-electron chi connectivity index (χ1n) is 7.12. The Labute approximate surface area is 118 Å². The van der Waals surface area contributed by atoms with E-state index >= 15 is 0 Å².